The van der Waals surface area contributed by atoms with Crippen LogP contribution in [-0.2, 0) is 57.6 Å². The molecular weight excluding hydrogens is 1670 g/mol. The number of methoxy groups -OCH3 is 1. The van der Waals surface area contributed by atoms with Gasteiger partial charge in [-0.3, -0.25) is 14.4 Å². The molecule has 15 aromatic rings. The van der Waals surface area contributed by atoms with Crippen molar-refractivity contribution < 1.29 is 63.3 Å². The van der Waals surface area contributed by atoms with E-state index in [1.165, 1.54) is 128 Å². The molecule has 4 N–H and O–H groups in total. The summed E-state index contributed by atoms with van der Waals surface area (Å²) in [5.41, 5.74) is 20.8. The molecule has 0 saturated heterocycles. The number of phenols is 4. The zero-order chi connectivity index (χ0) is 97.6. The molecule has 0 fully saturated rings. The van der Waals surface area contributed by atoms with Crippen molar-refractivity contribution in [3.63, 3.8) is 0 Å². The number of ether oxygens (including phenoxy) is 5. The molecule has 0 amide bonds. The molecule has 15 aromatic carbocycles. The van der Waals surface area contributed by atoms with Crippen molar-refractivity contribution in [1.29, 1.82) is 0 Å². The van der Waals surface area contributed by atoms with Crippen molar-refractivity contribution in [2.45, 2.75) is 190 Å². The number of aromatic hydroxyl groups is 4. The lowest BCUT2D eigenvalue weighted by Crippen LogP contribution is -2.07. The van der Waals surface area contributed by atoms with Crippen LogP contribution < -0.4 is 18.9 Å². The van der Waals surface area contributed by atoms with Gasteiger partial charge in [-0.25, -0.2) is 4.79 Å². The van der Waals surface area contributed by atoms with E-state index >= 15 is 0 Å². The first-order valence-electron chi connectivity index (χ1n) is 46.4. The van der Waals surface area contributed by atoms with Gasteiger partial charge in [0.05, 0.1) is 7.11 Å². The van der Waals surface area contributed by atoms with E-state index < -0.39 is 6.16 Å². The van der Waals surface area contributed by atoms with Crippen molar-refractivity contribution in [2.24, 2.45) is 0 Å². The molecule has 700 valence electrons. The lowest BCUT2D eigenvalue weighted by Gasteiger charge is -2.14. The number of phenolic OH excluding ortho intramolecular Hbond substituents is 4. The molecule has 135 heavy (non-hydrogen) atoms. The normalized spacial score (nSPS) is 11.8. The molecule has 0 saturated carbocycles. The number of benzene rings is 15. The van der Waals surface area contributed by atoms with E-state index in [9.17, 15) is 34.5 Å². The van der Waals surface area contributed by atoms with E-state index in [2.05, 4.69) is 252 Å². The monoisotopic (exact) mass is 1810 g/mol. The number of hydrogen-bond acceptors (Lipinski definition) is 13. The van der Waals surface area contributed by atoms with Gasteiger partial charge < -0.3 is 44.1 Å². The second-order valence-electron chi connectivity index (χ2n) is 34.9. The topological polar surface area (TPSA) is 195 Å². The number of hydrogen-bond donors (Lipinski definition) is 4. The van der Waals surface area contributed by atoms with Crippen molar-refractivity contribution in [1.82, 2.24) is 0 Å². The zero-order valence-corrected chi connectivity index (χ0v) is 81.1. The summed E-state index contributed by atoms with van der Waals surface area (Å²) in [5.74, 6) is 6.47. The summed E-state index contributed by atoms with van der Waals surface area (Å²) >= 11 is 0. The molecular formula is C122H134O13. The molecule has 0 aliphatic carbocycles. The average molecular weight is 1810 g/mol. The number of carbonyl (C=O) groups excluding carboxylic acids is 4. The van der Waals surface area contributed by atoms with Crippen LogP contribution in [0.25, 0.3) is 10.8 Å². The first-order valence-corrected chi connectivity index (χ1v) is 46.4. The number of carbonyl (C=O) groups is 4. The number of fused-ring (bicyclic) bond motifs is 1. The maximum atomic E-state index is 11.0. The predicted octanol–water partition coefficient (Wildman–Crippen LogP) is 30.3. The van der Waals surface area contributed by atoms with Gasteiger partial charge in [0.2, 0.25) is 0 Å². The molecule has 0 aromatic heterocycles. The van der Waals surface area contributed by atoms with Gasteiger partial charge in [0.15, 0.2) is 0 Å². The first-order chi connectivity index (χ1) is 64.8. The fraction of sp³-hybridized carbons (Fsp3) is 0.246. The fourth-order valence-electron chi connectivity index (χ4n) is 15.2. The molecule has 0 radical (unpaired) electrons. The Morgan fingerprint density at radius 3 is 0.741 bits per heavy atom. The van der Waals surface area contributed by atoms with Gasteiger partial charge in [0.25, 0.3) is 0 Å². The minimum Gasteiger partial charge on any atom is -0.508 e. The summed E-state index contributed by atoms with van der Waals surface area (Å²) in [4.78, 5) is 43.3. The zero-order valence-electron chi connectivity index (χ0n) is 81.1. The number of aryl methyl sites for hydroxylation is 2. The minimum absolute atomic E-state index is 0.280. The lowest BCUT2D eigenvalue weighted by molar-refractivity contribution is -0.132. The van der Waals surface area contributed by atoms with Crippen molar-refractivity contribution in [3.05, 3.63) is 465 Å². The van der Waals surface area contributed by atoms with E-state index in [4.69, 9.17) is 24.1 Å². The van der Waals surface area contributed by atoms with Crippen LogP contribution in [0.15, 0.2) is 376 Å². The number of rotatable bonds is 24. The second-order valence-corrected chi connectivity index (χ2v) is 34.9. The molecule has 0 bridgehead atoms. The molecule has 15 rings (SSSR count). The predicted molar refractivity (Wildman–Crippen MR) is 552 cm³/mol. The molecule has 6 atom stereocenters. The van der Waals surface area contributed by atoms with E-state index in [1.807, 2.05) is 152 Å². The Morgan fingerprint density at radius 1 is 0.237 bits per heavy atom. The molecule has 0 aliphatic heterocycles. The van der Waals surface area contributed by atoms with Gasteiger partial charge in [-0.2, -0.15) is 0 Å². The van der Waals surface area contributed by atoms with Crippen LogP contribution >= 0.6 is 0 Å². The van der Waals surface area contributed by atoms with Gasteiger partial charge >= 0.3 is 24.1 Å². The first kappa shape index (κ1) is 106. The average Bonchev–Trinajstić information content (AvgIpc) is 0.817. The third-order valence-corrected chi connectivity index (χ3v) is 23.1. The summed E-state index contributed by atoms with van der Waals surface area (Å²) in [7, 11) is 1.29. The van der Waals surface area contributed by atoms with Crippen molar-refractivity contribution in [3.8, 4) is 46.0 Å². The highest BCUT2D eigenvalue weighted by Crippen LogP contribution is 2.32. The van der Waals surface area contributed by atoms with Crippen LogP contribution in [0.2, 0.25) is 0 Å². The molecule has 0 heterocycles. The Kier molecular flexibility index (Phi) is 44.2. The van der Waals surface area contributed by atoms with E-state index in [0.29, 0.717) is 93.3 Å². The van der Waals surface area contributed by atoms with Crippen LogP contribution in [0.5, 0.6) is 46.0 Å². The van der Waals surface area contributed by atoms with E-state index in [-0.39, 0.29) is 17.9 Å². The van der Waals surface area contributed by atoms with Gasteiger partial charge in [-0.15, -0.1) is 0 Å². The number of esters is 3. The Bertz CT molecular complexity index is 5960. The molecule has 0 spiro atoms. The van der Waals surface area contributed by atoms with Crippen LogP contribution in [-0.4, -0.2) is 51.6 Å². The smallest absolute Gasteiger partial charge is 0.508 e. The lowest BCUT2D eigenvalue weighted by atomic mass is 9.91. The Hall–Kier alpha value is -14.6. The summed E-state index contributed by atoms with van der Waals surface area (Å²) in [6.07, 6.45) is 5.38. The van der Waals surface area contributed by atoms with Crippen molar-refractivity contribution in [2.75, 3.05) is 7.11 Å². The van der Waals surface area contributed by atoms with Crippen LogP contribution in [0.4, 0.5) is 4.79 Å². The largest absolute Gasteiger partial charge is 0.513 e. The summed E-state index contributed by atoms with van der Waals surface area (Å²) in [6.45, 7) is 30.3. The third kappa shape index (κ3) is 38.7. The molecule has 13 heteroatoms. The van der Waals surface area contributed by atoms with Gasteiger partial charge in [0, 0.05) is 20.8 Å². The van der Waals surface area contributed by atoms with Gasteiger partial charge in [-0.1, -0.05) is 348 Å². The Labute approximate surface area is 801 Å². The maximum Gasteiger partial charge on any atom is 0.513 e. The maximum absolute atomic E-state index is 11.0. The Morgan fingerprint density at radius 2 is 0.459 bits per heavy atom. The van der Waals surface area contributed by atoms with Crippen LogP contribution in [0, 0.1) is 13.8 Å². The second kappa shape index (κ2) is 56.3. The Balaban J connectivity index is 0.000000191. The third-order valence-electron chi connectivity index (χ3n) is 23.1. The fourth-order valence-corrected chi connectivity index (χ4v) is 15.2. The SMILES string of the molecule is CC(=O)Oc1ccc(C(C)C)cc1.CC(=O)Oc1ccc(C(C)Cc2ccccc2)cc1.CC(=O)Oc1ccc(C(C)Cc2ccccc2C)cc1.CC(C)c1ccc(O)cc1.CC(Cc1cccc2ccccc12)c1ccc(O)cc1.CC(Cc1ccccc1)c1ccc(O)cc1.COC(=O)Oc1ccc(C(C)Cc2ccccc2)cc1.Cc1ccccc1CC(C)c1ccc(O)cc1. The standard InChI is InChI=1S/C19H18O.C18H20O2.C17H18O3.C17H18O2.C16H18O.C15H16O.C11H14O2.C9H12O/c1-14(15-9-11-18(20)12-10-15)13-17-7-4-6-16-5-2-3-8-19(16)17;1-13-6-4-5-7-17(13)12-14(2)16-8-10-18(11-9-16)20-15(3)19;1-13(12-14-6-4-3-5-7-14)15-8-10-16(11-9-15)20-17(18)19-2;1-13(12-15-6-4-3-5-7-15)16-8-10-17(11-9-16)19-14(2)18;1-12-5-3-4-6-15(12)11-13(2)14-7-9-16(17)10-8-14;1-12(11-13-5-3-2-4-6-13)14-7-9-15(16)10-8-14;1-8(2)10-4-6-11(7-5-10)13-9(3)12;1-7(2)8-3-5-9(10)6-4-8/h2-12,14,20H,13H2,1H3;4-11,14H,12H2,1-3H3;3-11,13H,12H2,1-2H3;3-11,13H,12H2,1-2H3;3-10,13,17H,11H2,1-2H3;2-10,12,16H,11H2,1H3;4-8H,1-3H3;3-7,10H,1-2H3. The minimum atomic E-state index is -0.699. The molecule has 6 unspecified atom stereocenters. The van der Waals surface area contributed by atoms with Gasteiger partial charge in [0.1, 0.15) is 46.0 Å². The van der Waals surface area contributed by atoms with Crippen LogP contribution in [0.3, 0.4) is 0 Å². The molecule has 13 nitrogen and oxygen atoms in total. The van der Waals surface area contributed by atoms with Crippen LogP contribution in [0.1, 0.15) is 226 Å². The van der Waals surface area contributed by atoms with E-state index in [0.717, 1.165) is 38.5 Å². The van der Waals surface area contributed by atoms with E-state index in [1.54, 1.807) is 60.7 Å². The van der Waals surface area contributed by atoms with Crippen molar-refractivity contribution >= 4 is 34.8 Å². The molecule has 0 aliphatic rings. The van der Waals surface area contributed by atoms with Gasteiger partial charge in [-0.05, 0) is 297 Å². The highest BCUT2D eigenvalue weighted by Gasteiger charge is 2.16. The summed E-state index contributed by atoms with van der Waals surface area (Å²) in [6, 6.07) is 124. The highest BCUT2D eigenvalue weighted by atomic mass is 16.7. The quantitative estimate of drug-likeness (QED) is 0.0254. The summed E-state index contributed by atoms with van der Waals surface area (Å²) < 4.78 is 24.4. The highest BCUT2D eigenvalue weighted by molar-refractivity contribution is 5.85. The summed E-state index contributed by atoms with van der Waals surface area (Å²) in [5, 5.41) is 39.4.